The second-order valence-corrected chi connectivity index (χ2v) is 4.78. The number of hydrogen-bond donors (Lipinski definition) is 1. The number of aromatic nitrogens is 2. The summed E-state index contributed by atoms with van der Waals surface area (Å²) in [6, 6.07) is 5.65. The van der Waals surface area contributed by atoms with E-state index in [0.29, 0.717) is 29.7 Å². The van der Waals surface area contributed by atoms with Crippen molar-refractivity contribution in [3.8, 4) is 11.5 Å². The van der Waals surface area contributed by atoms with E-state index >= 15 is 0 Å². The largest absolute Gasteiger partial charge is 0.454 e. The molecule has 1 aromatic heterocycles. The van der Waals surface area contributed by atoms with Crippen LogP contribution in [0.2, 0.25) is 5.02 Å². The second kappa shape index (κ2) is 7.28. The van der Waals surface area contributed by atoms with Gasteiger partial charge in [-0.05, 0) is 17.7 Å². The average molecular weight is 296 g/mol. The van der Waals surface area contributed by atoms with Gasteiger partial charge >= 0.3 is 0 Å². The minimum Gasteiger partial charge on any atom is -0.454 e. The molecule has 2 rings (SSSR count). The van der Waals surface area contributed by atoms with E-state index in [2.05, 4.69) is 10.4 Å². The Morgan fingerprint density at radius 1 is 1.35 bits per heavy atom. The molecule has 0 aliphatic rings. The Balaban J connectivity index is 1.94. The number of methoxy groups -OCH3 is 1. The third-order valence-corrected chi connectivity index (χ3v) is 3.09. The van der Waals surface area contributed by atoms with E-state index in [1.807, 2.05) is 25.2 Å². The number of nitrogens with zero attached hydrogens (tertiary/aromatic N) is 2. The van der Waals surface area contributed by atoms with Crippen LogP contribution in [-0.2, 0) is 18.3 Å². The molecule has 0 radical (unpaired) electrons. The number of nitrogens with one attached hydrogen (secondary N) is 1. The molecule has 0 saturated heterocycles. The molecule has 0 amide bonds. The predicted octanol–water partition coefficient (Wildman–Crippen LogP) is 2.60. The van der Waals surface area contributed by atoms with Crippen LogP contribution < -0.4 is 10.1 Å². The van der Waals surface area contributed by atoms with Crippen molar-refractivity contribution >= 4 is 11.6 Å². The first kappa shape index (κ1) is 14.8. The molecule has 0 unspecified atom stereocenters. The highest BCUT2D eigenvalue weighted by Gasteiger charge is 2.04. The first-order valence-corrected chi connectivity index (χ1v) is 6.71. The Morgan fingerprint density at radius 3 is 2.85 bits per heavy atom. The van der Waals surface area contributed by atoms with Crippen molar-refractivity contribution in [1.82, 2.24) is 15.1 Å². The summed E-state index contributed by atoms with van der Waals surface area (Å²) < 4.78 is 12.3. The van der Waals surface area contributed by atoms with Crippen LogP contribution in [0, 0.1) is 0 Å². The lowest BCUT2D eigenvalue weighted by molar-refractivity contribution is 0.199. The number of benzene rings is 1. The monoisotopic (exact) mass is 295 g/mol. The molecular formula is C14H18ClN3O2. The molecule has 0 aliphatic heterocycles. The van der Waals surface area contributed by atoms with E-state index in [0.717, 1.165) is 12.1 Å². The molecule has 1 heterocycles. The third-order valence-electron chi connectivity index (χ3n) is 2.74. The fourth-order valence-corrected chi connectivity index (χ4v) is 1.96. The van der Waals surface area contributed by atoms with Crippen LogP contribution >= 0.6 is 11.6 Å². The average Bonchev–Trinajstić information content (AvgIpc) is 2.82. The van der Waals surface area contributed by atoms with Gasteiger partial charge in [-0.2, -0.15) is 5.10 Å². The lowest BCUT2D eigenvalue weighted by Crippen LogP contribution is -2.18. The van der Waals surface area contributed by atoms with Gasteiger partial charge in [0.05, 0.1) is 19.0 Å². The summed E-state index contributed by atoms with van der Waals surface area (Å²) in [7, 11) is 3.52. The molecule has 5 nitrogen and oxygen atoms in total. The molecule has 0 fully saturated rings. The normalized spacial score (nSPS) is 10.8. The summed E-state index contributed by atoms with van der Waals surface area (Å²) >= 11 is 6.24. The molecule has 108 valence electrons. The standard InChI is InChI=1S/C14H18ClN3O2/c1-18-10-13(9-17-18)20-12-4-3-11(14(15)7-12)8-16-5-6-19-2/h3-4,7,9-10,16H,5-6,8H2,1-2H3. The van der Waals surface area contributed by atoms with Crippen molar-refractivity contribution < 1.29 is 9.47 Å². The van der Waals surface area contributed by atoms with Crippen molar-refractivity contribution in [3.05, 3.63) is 41.2 Å². The van der Waals surface area contributed by atoms with Crippen LogP contribution in [0.1, 0.15) is 5.56 Å². The number of ether oxygens (including phenoxy) is 2. The van der Waals surface area contributed by atoms with Gasteiger partial charge < -0.3 is 14.8 Å². The van der Waals surface area contributed by atoms with Gasteiger partial charge in [-0.25, -0.2) is 0 Å². The van der Waals surface area contributed by atoms with Gasteiger partial charge in [0.25, 0.3) is 0 Å². The fourth-order valence-electron chi connectivity index (χ4n) is 1.72. The topological polar surface area (TPSA) is 48.3 Å². The zero-order chi connectivity index (χ0) is 14.4. The van der Waals surface area contributed by atoms with Gasteiger partial charge in [-0.3, -0.25) is 4.68 Å². The maximum Gasteiger partial charge on any atom is 0.165 e. The summed E-state index contributed by atoms with van der Waals surface area (Å²) in [4.78, 5) is 0. The molecule has 0 bridgehead atoms. The van der Waals surface area contributed by atoms with Crippen LogP contribution in [0.25, 0.3) is 0 Å². The minimum absolute atomic E-state index is 0.677. The van der Waals surface area contributed by atoms with Gasteiger partial charge in [-0.15, -0.1) is 0 Å². The van der Waals surface area contributed by atoms with Gasteiger partial charge in [0.2, 0.25) is 0 Å². The number of halogens is 1. The van der Waals surface area contributed by atoms with Gasteiger partial charge in [0.1, 0.15) is 5.75 Å². The molecule has 0 aliphatic carbocycles. The highest BCUT2D eigenvalue weighted by atomic mass is 35.5. The van der Waals surface area contributed by atoms with E-state index < -0.39 is 0 Å². The van der Waals surface area contributed by atoms with Crippen molar-refractivity contribution in [2.24, 2.45) is 7.05 Å². The van der Waals surface area contributed by atoms with E-state index in [-0.39, 0.29) is 0 Å². The zero-order valence-corrected chi connectivity index (χ0v) is 12.4. The Labute approximate surface area is 123 Å². The van der Waals surface area contributed by atoms with Crippen LogP contribution in [0.15, 0.2) is 30.6 Å². The van der Waals surface area contributed by atoms with Crippen molar-refractivity contribution in [1.29, 1.82) is 0 Å². The summed E-state index contributed by atoms with van der Waals surface area (Å²) in [5.74, 6) is 1.39. The lowest BCUT2D eigenvalue weighted by atomic mass is 10.2. The Kier molecular flexibility index (Phi) is 5.40. The molecule has 0 saturated carbocycles. The molecule has 6 heteroatoms. The molecule has 1 aromatic carbocycles. The van der Waals surface area contributed by atoms with Crippen molar-refractivity contribution in [2.45, 2.75) is 6.54 Å². The Hall–Kier alpha value is -1.56. The highest BCUT2D eigenvalue weighted by Crippen LogP contribution is 2.26. The first-order chi connectivity index (χ1) is 9.69. The number of aryl methyl sites for hydroxylation is 1. The lowest BCUT2D eigenvalue weighted by Gasteiger charge is -2.08. The van der Waals surface area contributed by atoms with Crippen LogP contribution in [0.3, 0.4) is 0 Å². The first-order valence-electron chi connectivity index (χ1n) is 6.33. The van der Waals surface area contributed by atoms with Crippen LogP contribution in [0.4, 0.5) is 0 Å². The third kappa shape index (κ3) is 4.23. The van der Waals surface area contributed by atoms with Gasteiger partial charge in [0, 0.05) is 32.3 Å². The van der Waals surface area contributed by atoms with Crippen LogP contribution in [-0.4, -0.2) is 30.0 Å². The quantitative estimate of drug-likeness (QED) is 0.798. The summed E-state index contributed by atoms with van der Waals surface area (Å²) in [6.45, 7) is 2.18. The van der Waals surface area contributed by atoms with Crippen LogP contribution in [0.5, 0.6) is 11.5 Å². The molecule has 1 N–H and O–H groups in total. The summed E-state index contributed by atoms with van der Waals surface area (Å²) in [5, 5.41) is 7.98. The number of hydrogen-bond acceptors (Lipinski definition) is 4. The van der Waals surface area contributed by atoms with Crippen molar-refractivity contribution in [2.75, 3.05) is 20.3 Å². The highest BCUT2D eigenvalue weighted by molar-refractivity contribution is 6.31. The van der Waals surface area contributed by atoms with E-state index in [9.17, 15) is 0 Å². The SMILES string of the molecule is COCCNCc1ccc(Oc2cnn(C)c2)cc1Cl. The molecule has 2 aromatic rings. The molecule has 20 heavy (non-hydrogen) atoms. The van der Waals surface area contributed by atoms with E-state index in [1.165, 1.54) is 0 Å². The maximum absolute atomic E-state index is 6.24. The van der Waals surface area contributed by atoms with E-state index in [1.54, 1.807) is 24.2 Å². The maximum atomic E-state index is 6.24. The predicted molar refractivity (Wildman–Crippen MR) is 78.3 cm³/mol. The van der Waals surface area contributed by atoms with Crippen molar-refractivity contribution in [3.63, 3.8) is 0 Å². The molecule has 0 atom stereocenters. The number of rotatable bonds is 7. The second-order valence-electron chi connectivity index (χ2n) is 4.37. The Morgan fingerprint density at radius 2 is 2.20 bits per heavy atom. The van der Waals surface area contributed by atoms with Gasteiger partial charge in [0.15, 0.2) is 5.75 Å². The molecular weight excluding hydrogens is 278 g/mol. The van der Waals surface area contributed by atoms with Gasteiger partial charge in [-0.1, -0.05) is 17.7 Å². The summed E-state index contributed by atoms with van der Waals surface area (Å²) in [6.07, 6.45) is 3.46. The Bertz CT molecular complexity index is 557. The smallest absolute Gasteiger partial charge is 0.165 e. The zero-order valence-electron chi connectivity index (χ0n) is 11.6. The van der Waals surface area contributed by atoms with E-state index in [4.69, 9.17) is 21.1 Å². The summed E-state index contributed by atoms with van der Waals surface area (Å²) in [5.41, 5.74) is 1.03. The molecule has 0 spiro atoms. The fraction of sp³-hybridized carbons (Fsp3) is 0.357. The minimum atomic E-state index is 0.677.